The lowest BCUT2D eigenvalue weighted by Gasteiger charge is -2.38. The van der Waals surface area contributed by atoms with Gasteiger partial charge in [0.25, 0.3) is 0 Å². The van der Waals surface area contributed by atoms with Gasteiger partial charge in [-0.25, -0.2) is 4.79 Å². The number of ether oxygens (including phenoxy) is 2. The molecule has 0 amide bonds. The van der Waals surface area contributed by atoms with Crippen LogP contribution in [0.4, 0.5) is 0 Å². The summed E-state index contributed by atoms with van der Waals surface area (Å²) in [5.74, 6) is 0.552. The van der Waals surface area contributed by atoms with Gasteiger partial charge < -0.3 is 29.8 Å². The topological polar surface area (TPSA) is 86.8 Å². The number of fused-ring (bicyclic) bond motifs is 4. The summed E-state index contributed by atoms with van der Waals surface area (Å²) in [6.45, 7) is 1.49. The first-order chi connectivity index (χ1) is 17.1. The number of carboxylic acids is 1. The predicted octanol–water partition coefficient (Wildman–Crippen LogP) is 4.62. The molecule has 0 spiro atoms. The van der Waals surface area contributed by atoms with E-state index < -0.39 is 5.97 Å². The highest BCUT2D eigenvalue weighted by atomic mass is 32.1. The summed E-state index contributed by atoms with van der Waals surface area (Å²) in [7, 11) is 0. The fourth-order valence-corrected chi connectivity index (χ4v) is 5.20. The number of nitrogens with one attached hydrogen (secondary N) is 2. The Morgan fingerprint density at radius 3 is 2.71 bits per heavy atom. The van der Waals surface area contributed by atoms with Crippen molar-refractivity contribution in [1.29, 1.82) is 0 Å². The summed E-state index contributed by atoms with van der Waals surface area (Å²) < 4.78 is 11.2. The standard InChI is InChI=1S/C27H23N3O4S/c31-26(32)17-7-5-16(6-8-17)14-28-27(35)30-12-11-20-19-3-1-2-4-21(19)29-24(20)25(30)18-9-10-22-23(13-18)34-15-33-22/h1-10,13,25,29H,11-12,14-15H2,(H,28,35)(H,31,32)/t25-/m1/s1. The quantitative estimate of drug-likeness (QED) is 0.364. The highest BCUT2D eigenvalue weighted by Crippen LogP contribution is 2.42. The van der Waals surface area contributed by atoms with Crippen LogP contribution in [0, 0.1) is 0 Å². The van der Waals surface area contributed by atoms with Gasteiger partial charge in [0.15, 0.2) is 16.6 Å². The number of carbonyl (C=O) groups is 1. The lowest BCUT2D eigenvalue weighted by molar-refractivity contribution is 0.0697. The molecule has 0 bridgehead atoms. The number of para-hydroxylation sites is 1. The van der Waals surface area contributed by atoms with Crippen LogP contribution in [-0.2, 0) is 13.0 Å². The van der Waals surface area contributed by atoms with Crippen molar-refractivity contribution in [2.45, 2.75) is 19.0 Å². The Kier molecular flexibility index (Phi) is 5.30. The van der Waals surface area contributed by atoms with Crippen molar-refractivity contribution >= 4 is 34.2 Å². The lowest BCUT2D eigenvalue weighted by Crippen LogP contribution is -2.45. The van der Waals surface area contributed by atoms with Crippen LogP contribution >= 0.6 is 12.2 Å². The highest BCUT2D eigenvalue weighted by molar-refractivity contribution is 7.80. The maximum atomic E-state index is 11.1. The third-order valence-electron chi connectivity index (χ3n) is 6.65. The van der Waals surface area contributed by atoms with Crippen LogP contribution in [0.2, 0.25) is 0 Å². The fourth-order valence-electron chi connectivity index (χ4n) is 4.93. The van der Waals surface area contributed by atoms with Gasteiger partial charge in [-0.05, 0) is 65.7 Å². The third kappa shape index (κ3) is 3.85. The zero-order chi connectivity index (χ0) is 23.9. The molecule has 2 aliphatic heterocycles. The van der Waals surface area contributed by atoms with Crippen LogP contribution in [0.25, 0.3) is 10.9 Å². The minimum absolute atomic E-state index is 0.116. The van der Waals surface area contributed by atoms with E-state index in [4.69, 9.17) is 26.8 Å². The number of nitrogens with zero attached hydrogens (tertiary/aromatic N) is 1. The first-order valence-electron chi connectivity index (χ1n) is 11.4. The summed E-state index contributed by atoms with van der Waals surface area (Å²) in [5.41, 5.74) is 5.85. The molecule has 8 heteroatoms. The van der Waals surface area contributed by atoms with E-state index in [2.05, 4.69) is 39.5 Å². The summed E-state index contributed by atoms with van der Waals surface area (Å²) >= 11 is 5.88. The Morgan fingerprint density at radius 1 is 1.09 bits per heavy atom. The van der Waals surface area contributed by atoms with Crippen LogP contribution in [-0.4, -0.2) is 39.4 Å². The molecule has 3 N–H and O–H groups in total. The molecule has 1 aromatic heterocycles. The lowest BCUT2D eigenvalue weighted by atomic mass is 9.92. The van der Waals surface area contributed by atoms with Crippen molar-refractivity contribution in [3.8, 4) is 11.5 Å². The molecule has 1 atom stereocenters. The highest BCUT2D eigenvalue weighted by Gasteiger charge is 2.34. The van der Waals surface area contributed by atoms with Gasteiger partial charge in [0.1, 0.15) is 0 Å². The number of hydrogen-bond donors (Lipinski definition) is 3. The summed E-state index contributed by atoms with van der Waals surface area (Å²) in [6.07, 6.45) is 0.871. The van der Waals surface area contributed by atoms with Gasteiger partial charge in [0.2, 0.25) is 6.79 Å². The second-order valence-electron chi connectivity index (χ2n) is 8.68. The minimum atomic E-state index is -0.936. The van der Waals surface area contributed by atoms with Crippen LogP contribution < -0.4 is 14.8 Å². The van der Waals surface area contributed by atoms with Gasteiger partial charge in [-0.15, -0.1) is 0 Å². The van der Waals surface area contributed by atoms with E-state index in [-0.39, 0.29) is 18.4 Å². The number of aromatic nitrogens is 1. The molecule has 35 heavy (non-hydrogen) atoms. The Balaban J connectivity index is 1.32. The number of aromatic amines is 1. The zero-order valence-corrected chi connectivity index (χ0v) is 19.6. The van der Waals surface area contributed by atoms with Gasteiger partial charge >= 0.3 is 5.97 Å². The van der Waals surface area contributed by atoms with Crippen molar-refractivity contribution in [2.75, 3.05) is 13.3 Å². The number of benzene rings is 3. The largest absolute Gasteiger partial charge is 0.478 e. The van der Waals surface area contributed by atoms with Crippen molar-refractivity contribution < 1.29 is 19.4 Å². The SMILES string of the molecule is O=C(O)c1ccc(CNC(=S)N2CCc3c([nH]c4ccccc34)[C@H]2c2ccc3c(c2)OCO3)cc1. The van der Waals surface area contributed by atoms with E-state index in [1.807, 2.05) is 18.2 Å². The smallest absolute Gasteiger partial charge is 0.335 e. The average molecular weight is 486 g/mol. The number of hydrogen-bond acceptors (Lipinski definition) is 4. The zero-order valence-electron chi connectivity index (χ0n) is 18.8. The molecule has 6 rings (SSSR count). The van der Waals surface area contributed by atoms with Crippen molar-refractivity contribution in [1.82, 2.24) is 15.2 Å². The van der Waals surface area contributed by atoms with Gasteiger partial charge in [-0.3, -0.25) is 0 Å². The van der Waals surface area contributed by atoms with Crippen LogP contribution in [0.5, 0.6) is 11.5 Å². The molecule has 0 unspecified atom stereocenters. The molecule has 7 nitrogen and oxygen atoms in total. The van der Waals surface area contributed by atoms with E-state index in [9.17, 15) is 4.79 Å². The number of carboxylic acid groups (broad SMARTS) is 1. The van der Waals surface area contributed by atoms with Crippen LogP contribution in [0.15, 0.2) is 66.7 Å². The van der Waals surface area contributed by atoms with Crippen molar-refractivity contribution in [3.63, 3.8) is 0 Å². The van der Waals surface area contributed by atoms with E-state index in [0.29, 0.717) is 11.7 Å². The van der Waals surface area contributed by atoms with Gasteiger partial charge in [-0.1, -0.05) is 36.4 Å². The molecule has 0 aliphatic carbocycles. The van der Waals surface area contributed by atoms with Gasteiger partial charge in [-0.2, -0.15) is 0 Å². The molecule has 0 radical (unpaired) electrons. The Hall–Kier alpha value is -4.04. The fraction of sp³-hybridized carbons (Fsp3) is 0.185. The molecule has 0 saturated carbocycles. The van der Waals surface area contributed by atoms with Gasteiger partial charge in [0.05, 0.1) is 11.6 Å². The molecular weight excluding hydrogens is 462 g/mol. The normalized spacial score (nSPS) is 16.2. The third-order valence-corrected chi connectivity index (χ3v) is 7.03. The first-order valence-corrected chi connectivity index (χ1v) is 11.8. The van der Waals surface area contributed by atoms with E-state index in [1.54, 1.807) is 24.3 Å². The molecule has 4 aromatic rings. The summed E-state index contributed by atoms with van der Waals surface area (Å²) in [5, 5.41) is 14.4. The summed E-state index contributed by atoms with van der Waals surface area (Å²) in [4.78, 5) is 17.0. The summed E-state index contributed by atoms with van der Waals surface area (Å²) in [6, 6.07) is 21.1. The Labute approximate surface area is 207 Å². The molecule has 0 fully saturated rings. The molecule has 176 valence electrons. The van der Waals surface area contributed by atoms with Crippen LogP contribution in [0.3, 0.4) is 0 Å². The Bertz CT molecular complexity index is 1450. The number of H-pyrrole nitrogens is 1. The van der Waals surface area contributed by atoms with Crippen LogP contribution in [0.1, 0.15) is 38.8 Å². The molecule has 0 saturated heterocycles. The maximum absolute atomic E-state index is 11.1. The average Bonchev–Trinajstić information content (AvgIpc) is 3.51. The molecular formula is C27H23N3O4S. The maximum Gasteiger partial charge on any atom is 0.335 e. The molecule has 3 heterocycles. The van der Waals surface area contributed by atoms with Crippen molar-refractivity contribution in [2.24, 2.45) is 0 Å². The van der Waals surface area contributed by atoms with E-state index in [0.717, 1.165) is 46.8 Å². The first kappa shape index (κ1) is 21.5. The van der Waals surface area contributed by atoms with Gasteiger partial charge in [0, 0.05) is 29.7 Å². The second kappa shape index (κ2) is 8.63. The van der Waals surface area contributed by atoms with E-state index in [1.165, 1.54) is 10.9 Å². The predicted molar refractivity (Wildman–Crippen MR) is 136 cm³/mol. The number of thiocarbonyl (C=S) groups is 1. The second-order valence-corrected chi connectivity index (χ2v) is 9.07. The monoisotopic (exact) mass is 485 g/mol. The number of aromatic carboxylic acids is 1. The van der Waals surface area contributed by atoms with E-state index >= 15 is 0 Å². The molecule has 3 aromatic carbocycles. The minimum Gasteiger partial charge on any atom is -0.478 e. The van der Waals surface area contributed by atoms with Crippen molar-refractivity contribution in [3.05, 3.63) is 94.7 Å². The Morgan fingerprint density at radius 2 is 1.89 bits per heavy atom. The number of rotatable bonds is 4. The molecule has 2 aliphatic rings.